The molecule has 0 aliphatic heterocycles. The molecule has 27 heavy (non-hydrogen) atoms. The van der Waals surface area contributed by atoms with Gasteiger partial charge in [-0.1, -0.05) is 15.9 Å². The van der Waals surface area contributed by atoms with Crippen LogP contribution in [0.3, 0.4) is 0 Å². The number of hydrazone groups is 1. The largest absolute Gasteiger partial charge is 0.619 e. The number of fused-ring (bicyclic) bond motifs is 1. The molecular weight excluding hydrogens is 416 g/mol. The Morgan fingerprint density at radius 1 is 1.33 bits per heavy atom. The fourth-order valence-corrected chi connectivity index (χ4v) is 2.83. The molecule has 0 aliphatic carbocycles. The van der Waals surface area contributed by atoms with Gasteiger partial charge in [-0.2, -0.15) is 9.83 Å². The normalized spacial score (nSPS) is 11.0. The van der Waals surface area contributed by atoms with Crippen molar-refractivity contribution in [1.29, 1.82) is 0 Å². The zero-order valence-corrected chi connectivity index (χ0v) is 15.8. The lowest BCUT2D eigenvalue weighted by Crippen LogP contribution is -2.26. The molecule has 0 saturated heterocycles. The highest BCUT2D eigenvalue weighted by molar-refractivity contribution is 9.10. The Morgan fingerprint density at radius 2 is 2.07 bits per heavy atom. The maximum absolute atomic E-state index is 12.2. The van der Waals surface area contributed by atoms with Gasteiger partial charge in [0.25, 0.3) is 5.91 Å². The minimum Gasteiger partial charge on any atom is -0.619 e. The van der Waals surface area contributed by atoms with E-state index in [1.165, 1.54) is 30.7 Å². The molecule has 0 atom stereocenters. The van der Waals surface area contributed by atoms with Crippen molar-refractivity contribution in [2.24, 2.45) is 5.10 Å². The summed E-state index contributed by atoms with van der Waals surface area (Å²) in [6, 6.07) is 8.26. The fraction of sp³-hybridized carbons (Fsp3) is 0.111. The molecule has 9 heteroatoms. The summed E-state index contributed by atoms with van der Waals surface area (Å²) in [6.45, 7) is 1.95. The Labute approximate surface area is 162 Å². The third-order valence-electron chi connectivity index (χ3n) is 3.70. The molecule has 2 heterocycles. The Kier molecular flexibility index (Phi) is 5.51. The third kappa shape index (κ3) is 4.14. The summed E-state index contributed by atoms with van der Waals surface area (Å²) in [7, 11) is 0. The van der Waals surface area contributed by atoms with Gasteiger partial charge >= 0.3 is 5.97 Å². The predicted octanol–water partition coefficient (Wildman–Crippen LogP) is 2.50. The molecule has 0 fully saturated rings. The van der Waals surface area contributed by atoms with Crippen LogP contribution in [0.5, 0.6) is 0 Å². The number of aromatic nitrogens is 2. The summed E-state index contributed by atoms with van der Waals surface area (Å²) in [6.07, 6.45) is 3.81. The number of hydrogen-bond acceptors (Lipinski definition) is 5. The van der Waals surface area contributed by atoms with Gasteiger partial charge in [0.15, 0.2) is 12.4 Å². The van der Waals surface area contributed by atoms with Crippen molar-refractivity contribution in [1.82, 2.24) is 10.4 Å². The van der Waals surface area contributed by atoms with Crippen LogP contribution in [-0.4, -0.2) is 29.7 Å². The molecule has 0 aliphatic rings. The number of esters is 1. The number of benzene rings is 1. The minimum absolute atomic E-state index is 0.235. The molecule has 0 unspecified atom stereocenters. The lowest BCUT2D eigenvalue weighted by Gasteiger charge is -2.02. The molecule has 3 rings (SSSR count). The highest BCUT2D eigenvalue weighted by Crippen LogP contribution is 2.25. The van der Waals surface area contributed by atoms with Gasteiger partial charge in [-0.25, -0.2) is 10.2 Å². The first kappa shape index (κ1) is 18.6. The van der Waals surface area contributed by atoms with Crippen molar-refractivity contribution in [2.75, 3.05) is 6.61 Å². The van der Waals surface area contributed by atoms with Crippen LogP contribution in [-0.2, 0) is 4.74 Å². The van der Waals surface area contributed by atoms with E-state index >= 15 is 0 Å². The quantitative estimate of drug-likeness (QED) is 0.213. The maximum atomic E-state index is 12.2. The molecule has 2 aromatic heterocycles. The number of hydrogen-bond donors (Lipinski definition) is 2. The minimum atomic E-state index is -0.513. The third-order valence-corrected chi connectivity index (χ3v) is 4.20. The second-order valence-corrected chi connectivity index (χ2v) is 6.39. The van der Waals surface area contributed by atoms with Crippen molar-refractivity contribution < 1.29 is 19.1 Å². The van der Waals surface area contributed by atoms with E-state index in [0.29, 0.717) is 10.3 Å². The van der Waals surface area contributed by atoms with Gasteiger partial charge in [0.2, 0.25) is 0 Å². The van der Waals surface area contributed by atoms with E-state index in [-0.39, 0.29) is 17.9 Å². The Balaban J connectivity index is 1.90. The van der Waals surface area contributed by atoms with Gasteiger partial charge in [-0.3, -0.25) is 4.79 Å². The summed E-state index contributed by atoms with van der Waals surface area (Å²) in [5, 5.41) is 15.7. The molecule has 0 bridgehead atoms. The number of halogens is 1. The lowest BCUT2D eigenvalue weighted by atomic mass is 10.1. The summed E-state index contributed by atoms with van der Waals surface area (Å²) in [5.74, 6) is -0.994. The molecule has 3 aromatic rings. The lowest BCUT2D eigenvalue weighted by molar-refractivity contribution is -0.605. The Hall–Kier alpha value is -3.20. The molecule has 0 spiro atoms. The van der Waals surface area contributed by atoms with Crippen LogP contribution in [0.15, 0.2) is 52.3 Å². The number of ether oxygens (including phenoxy) is 1. The SMILES string of the molecule is CCOC(=O)c1[nH]c2ccc(Br)cc2c1/C=N\NC(=O)c1cc[n+]([O-])cc1. The van der Waals surface area contributed by atoms with Crippen LogP contribution in [0.4, 0.5) is 0 Å². The van der Waals surface area contributed by atoms with E-state index in [4.69, 9.17) is 4.74 Å². The number of nitrogens with one attached hydrogen (secondary N) is 2. The summed E-state index contributed by atoms with van der Waals surface area (Å²) in [4.78, 5) is 27.3. The van der Waals surface area contributed by atoms with Crippen molar-refractivity contribution >= 4 is 44.9 Å². The molecule has 1 aromatic carbocycles. The monoisotopic (exact) mass is 430 g/mol. The van der Waals surface area contributed by atoms with Gasteiger partial charge in [0.05, 0.1) is 18.4 Å². The second-order valence-electron chi connectivity index (χ2n) is 5.47. The summed E-state index contributed by atoms with van der Waals surface area (Å²) < 4.78 is 6.48. The fourth-order valence-electron chi connectivity index (χ4n) is 2.47. The first-order valence-corrected chi connectivity index (χ1v) is 8.79. The topological polar surface area (TPSA) is 110 Å². The maximum Gasteiger partial charge on any atom is 0.355 e. The summed E-state index contributed by atoms with van der Waals surface area (Å²) >= 11 is 3.40. The number of carbonyl (C=O) groups is 2. The van der Waals surface area contributed by atoms with Crippen LogP contribution in [0.25, 0.3) is 10.9 Å². The van der Waals surface area contributed by atoms with Gasteiger partial charge < -0.3 is 14.9 Å². The van der Waals surface area contributed by atoms with E-state index in [1.54, 1.807) is 6.92 Å². The molecule has 1 amide bonds. The van der Waals surface area contributed by atoms with Crippen LogP contribution in [0.2, 0.25) is 0 Å². The first-order chi connectivity index (χ1) is 13.0. The van der Waals surface area contributed by atoms with E-state index in [2.05, 4.69) is 31.4 Å². The zero-order valence-electron chi connectivity index (χ0n) is 14.2. The number of amides is 1. The highest BCUT2D eigenvalue weighted by Gasteiger charge is 2.18. The van der Waals surface area contributed by atoms with Crippen LogP contribution in [0, 0.1) is 5.21 Å². The average Bonchev–Trinajstić information content (AvgIpc) is 3.00. The number of nitrogens with zero attached hydrogens (tertiary/aromatic N) is 2. The van der Waals surface area contributed by atoms with Gasteiger partial charge in [-0.05, 0) is 25.1 Å². The van der Waals surface area contributed by atoms with Gasteiger partial charge in [0.1, 0.15) is 5.69 Å². The van der Waals surface area contributed by atoms with Crippen molar-refractivity contribution in [2.45, 2.75) is 6.92 Å². The van der Waals surface area contributed by atoms with Crippen LogP contribution >= 0.6 is 15.9 Å². The van der Waals surface area contributed by atoms with E-state index in [0.717, 1.165) is 15.4 Å². The molecule has 2 N–H and O–H groups in total. The number of aromatic amines is 1. The zero-order chi connectivity index (χ0) is 19.4. The van der Waals surface area contributed by atoms with Gasteiger partial charge in [0, 0.05) is 33.1 Å². The molecule has 0 radical (unpaired) electrons. The average molecular weight is 431 g/mol. The Bertz CT molecular complexity index is 1030. The van der Waals surface area contributed by atoms with Crippen LogP contribution < -0.4 is 10.2 Å². The number of carbonyl (C=O) groups excluding carboxylic acids is 2. The summed E-state index contributed by atoms with van der Waals surface area (Å²) in [5.41, 5.74) is 4.13. The molecule has 0 saturated carbocycles. The smallest absolute Gasteiger partial charge is 0.355 e. The molecular formula is C18H15BrN4O4. The van der Waals surface area contributed by atoms with E-state index in [1.807, 2.05) is 18.2 Å². The standard InChI is InChI=1S/C18H15BrN4O4/c1-2-27-18(25)16-14(13-9-12(19)3-4-15(13)21-16)10-20-22-17(24)11-5-7-23(26)8-6-11/h3-10,21H,2H2,1H3,(H,22,24)/b20-10-. The Morgan fingerprint density at radius 3 is 2.78 bits per heavy atom. The number of pyridine rings is 1. The molecule has 138 valence electrons. The molecule has 8 nitrogen and oxygen atoms in total. The highest BCUT2D eigenvalue weighted by atomic mass is 79.9. The van der Waals surface area contributed by atoms with E-state index < -0.39 is 11.9 Å². The number of H-pyrrole nitrogens is 1. The number of rotatable bonds is 5. The van der Waals surface area contributed by atoms with Crippen LogP contribution in [0.1, 0.15) is 33.3 Å². The van der Waals surface area contributed by atoms with E-state index in [9.17, 15) is 14.8 Å². The predicted molar refractivity (Wildman–Crippen MR) is 102 cm³/mol. The van der Waals surface area contributed by atoms with Crippen molar-refractivity contribution in [3.63, 3.8) is 0 Å². The second kappa shape index (κ2) is 8.00. The van der Waals surface area contributed by atoms with Crippen molar-refractivity contribution in [3.8, 4) is 0 Å². The first-order valence-electron chi connectivity index (χ1n) is 8.00. The van der Waals surface area contributed by atoms with Crippen molar-refractivity contribution in [3.05, 3.63) is 69.2 Å². The van der Waals surface area contributed by atoms with Gasteiger partial charge in [-0.15, -0.1) is 0 Å².